The zero-order valence-corrected chi connectivity index (χ0v) is 15.6. The maximum atomic E-state index is 12.6. The number of carbonyl (C=O) groups is 1. The van der Waals surface area contributed by atoms with Crippen LogP contribution in [0.1, 0.15) is 44.6 Å². The molecule has 0 saturated heterocycles. The van der Waals surface area contributed by atoms with Gasteiger partial charge in [0.2, 0.25) is 0 Å². The number of ether oxygens (including phenoxy) is 1. The molecule has 2 aromatic rings. The van der Waals surface area contributed by atoms with E-state index < -0.39 is 0 Å². The van der Waals surface area contributed by atoms with Gasteiger partial charge in [0, 0.05) is 5.41 Å². The molecule has 5 atom stereocenters. The molecule has 0 heterocycles. The highest BCUT2D eigenvalue weighted by Gasteiger charge is 2.59. The molecule has 2 bridgehead atoms. The van der Waals surface area contributed by atoms with E-state index in [0.717, 1.165) is 34.6 Å². The first-order valence-electron chi connectivity index (χ1n) is 10.3. The van der Waals surface area contributed by atoms with Crippen molar-refractivity contribution in [3.63, 3.8) is 0 Å². The maximum absolute atomic E-state index is 12.6. The smallest absolute Gasteiger partial charge is 0.310 e. The summed E-state index contributed by atoms with van der Waals surface area (Å²) < 4.78 is 5.84. The molecule has 2 heteroatoms. The Labute approximate surface area is 155 Å². The average molecular weight is 348 g/mol. The third-order valence-electron chi connectivity index (χ3n) is 7.71. The molecule has 26 heavy (non-hydrogen) atoms. The predicted molar refractivity (Wildman–Crippen MR) is 104 cm³/mol. The van der Waals surface area contributed by atoms with Gasteiger partial charge in [0.25, 0.3) is 0 Å². The van der Waals surface area contributed by atoms with Crippen molar-refractivity contribution in [1.82, 2.24) is 0 Å². The van der Waals surface area contributed by atoms with Gasteiger partial charge in [-0.3, -0.25) is 4.79 Å². The molecule has 3 aliphatic rings. The van der Waals surface area contributed by atoms with Gasteiger partial charge in [0.05, 0.1) is 13.0 Å². The highest BCUT2D eigenvalue weighted by atomic mass is 16.5. The van der Waals surface area contributed by atoms with Gasteiger partial charge in [-0.1, -0.05) is 55.8 Å². The predicted octanol–water partition coefficient (Wildman–Crippen LogP) is 5.39. The topological polar surface area (TPSA) is 26.3 Å². The molecule has 0 N–H and O–H groups in total. The first kappa shape index (κ1) is 16.4. The summed E-state index contributed by atoms with van der Waals surface area (Å²) in [7, 11) is 0. The summed E-state index contributed by atoms with van der Waals surface area (Å²) in [6.45, 7) is 2.98. The molecule has 5 unspecified atom stereocenters. The molecule has 2 nitrogen and oxygen atoms in total. The fraction of sp³-hybridized carbons (Fsp3) is 0.542. The second-order valence-corrected chi connectivity index (χ2v) is 9.19. The van der Waals surface area contributed by atoms with Gasteiger partial charge in [0.1, 0.15) is 0 Å². The summed E-state index contributed by atoms with van der Waals surface area (Å²) >= 11 is 0. The lowest BCUT2D eigenvalue weighted by atomic mass is 9.67. The Bertz CT molecular complexity index is 836. The number of benzene rings is 2. The van der Waals surface area contributed by atoms with Gasteiger partial charge in [-0.2, -0.15) is 0 Å². The third-order valence-corrected chi connectivity index (χ3v) is 7.71. The molecule has 2 aromatic carbocycles. The van der Waals surface area contributed by atoms with E-state index in [4.69, 9.17) is 4.74 Å². The van der Waals surface area contributed by atoms with Crippen LogP contribution in [0.25, 0.3) is 10.8 Å². The van der Waals surface area contributed by atoms with Crippen LogP contribution in [-0.4, -0.2) is 12.6 Å². The van der Waals surface area contributed by atoms with E-state index in [-0.39, 0.29) is 11.4 Å². The van der Waals surface area contributed by atoms with Crippen molar-refractivity contribution < 1.29 is 9.53 Å². The van der Waals surface area contributed by atoms with Gasteiger partial charge in [-0.15, -0.1) is 0 Å². The summed E-state index contributed by atoms with van der Waals surface area (Å²) in [5.74, 6) is 3.50. The summed E-state index contributed by atoms with van der Waals surface area (Å²) in [5.41, 5.74) is 1.28. The van der Waals surface area contributed by atoms with Crippen molar-refractivity contribution >= 4 is 16.7 Å². The molecule has 0 aliphatic heterocycles. The lowest BCUT2D eigenvalue weighted by molar-refractivity contribution is -0.148. The van der Waals surface area contributed by atoms with Gasteiger partial charge in [0.15, 0.2) is 0 Å². The minimum absolute atomic E-state index is 0.0756. The number of rotatable bonds is 4. The lowest BCUT2D eigenvalue weighted by Crippen LogP contribution is -2.37. The Kier molecular flexibility index (Phi) is 3.84. The van der Waals surface area contributed by atoms with Crippen LogP contribution in [0.5, 0.6) is 0 Å². The highest BCUT2D eigenvalue weighted by Crippen LogP contribution is 2.65. The van der Waals surface area contributed by atoms with Gasteiger partial charge < -0.3 is 4.74 Å². The standard InChI is InChI=1S/C24H28O2/c1-24(14-18-12-22(24)21-11-5-10-20(18)21)15-26-23(25)13-17-8-4-7-16-6-2-3-9-19(16)17/h2-4,6-9,18,20-22H,5,10-15H2,1H3. The zero-order chi connectivity index (χ0) is 17.7. The van der Waals surface area contributed by atoms with Gasteiger partial charge in [-0.05, 0) is 65.7 Å². The Morgan fingerprint density at radius 1 is 1.12 bits per heavy atom. The first-order valence-corrected chi connectivity index (χ1v) is 10.3. The molecule has 5 rings (SSSR count). The number of hydrogen-bond acceptors (Lipinski definition) is 2. The maximum Gasteiger partial charge on any atom is 0.310 e. The van der Waals surface area contributed by atoms with E-state index in [2.05, 4.69) is 25.1 Å². The monoisotopic (exact) mass is 348 g/mol. The molecule has 136 valence electrons. The van der Waals surface area contributed by atoms with Crippen LogP contribution in [0.3, 0.4) is 0 Å². The summed E-state index contributed by atoms with van der Waals surface area (Å²) in [6, 6.07) is 14.4. The van der Waals surface area contributed by atoms with Crippen molar-refractivity contribution in [2.45, 2.75) is 45.4 Å². The molecule has 3 saturated carbocycles. The van der Waals surface area contributed by atoms with Crippen LogP contribution in [-0.2, 0) is 16.0 Å². The normalized spacial score (nSPS) is 35.0. The van der Waals surface area contributed by atoms with Crippen LogP contribution >= 0.6 is 0 Å². The summed E-state index contributed by atoms with van der Waals surface area (Å²) in [5, 5.41) is 2.34. The lowest BCUT2D eigenvalue weighted by Gasteiger charge is -2.39. The second kappa shape index (κ2) is 6.11. The minimum Gasteiger partial charge on any atom is -0.465 e. The zero-order valence-electron chi connectivity index (χ0n) is 15.6. The van der Waals surface area contributed by atoms with Crippen molar-refractivity contribution in [2.24, 2.45) is 29.1 Å². The van der Waals surface area contributed by atoms with Crippen molar-refractivity contribution in [3.05, 3.63) is 48.0 Å². The highest BCUT2D eigenvalue weighted by molar-refractivity contribution is 5.88. The molecular weight excluding hydrogens is 320 g/mol. The third kappa shape index (κ3) is 2.57. The van der Waals surface area contributed by atoms with Crippen LogP contribution in [0.15, 0.2) is 42.5 Å². The molecule has 0 spiro atoms. The summed E-state index contributed by atoms with van der Waals surface area (Å²) in [6.07, 6.45) is 7.29. The van der Waals surface area contributed by atoms with E-state index in [1.54, 1.807) is 0 Å². The van der Waals surface area contributed by atoms with E-state index in [0.29, 0.717) is 13.0 Å². The van der Waals surface area contributed by atoms with Crippen molar-refractivity contribution in [2.75, 3.05) is 6.61 Å². The Balaban J connectivity index is 1.25. The molecule has 3 fully saturated rings. The van der Waals surface area contributed by atoms with E-state index >= 15 is 0 Å². The van der Waals surface area contributed by atoms with Crippen LogP contribution in [0, 0.1) is 29.1 Å². The van der Waals surface area contributed by atoms with E-state index in [1.165, 1.54) is 37.5 Å². The quantitative estimate of drug-likeness (QED) is 0.693. The number of carbonyl (C=O) groups excluding carboxylic acids is 1. The molecule has 0 amide bonds. The Morgan fingerprint density at radius 3 is 2.85 bits per heavy atom. The molecule has 0 radical (unpaired) electrons. The van der Waals surface area contributed by atoms with Crippen molar-refractivity contribution in [1.29, 1.82) is 0 Å². The fourth-order valence-electron chi connectivity index (χ4n) is 6.63. The number of hydrogen-bond donors (Lipinski definition) is 0. The summed E-state index contributed by atoms with van der Waals surface area (Å²) in [4.78, 5) is 12.6. The first-order chi connectivity index (χ1) is 12.6. The SMILES string of the molecule is CC1(COC(=O)Cc2cccc3ccccc23)CC2CC1C1CCCC21. The Hall–Kier alpha value is -1.83. The minimum atomic E-state index is -0.0756. The number of fused-ring (bicyclic) bond motifs is 6. The average Bonchev–Trinajstić information content (AvgIpc) is 3.33. The second-order valence-electron chi connectivity index (χ2n) is 9.19. The Morgan fingerprint density at radius 2 is 1.92 bits per heavy atom. The van der Waals surface area contributed by atoms with Crippen LogP contribution < -0.4 is 0 Å². The fourth-order valence-corrected chi connectivity index (χ4v) is 6.63. The molecule has 3 aliphatic carbocycles. The number of esters is 1. The molecule has 0 aromatic heterocycles. The van der Waals surface area contributed by atoms with Crippen LogP contribution in [0.2, 0.25) is 0 Å². The van der Waals surface area contributed by atoms with E-state index in [9.17, 15) is 4.79 Å². The van der Waals surface area contributed by atoms with Crippen molar-refractivity contribution in [3.8, 4) is 0 Å². The molecular formula is C24H28O2. The van der Waals surface area contributed by atoms with Crippen LogP contribution in [0.4, 0.5) is 0 Å². The van der Waals surface area contributed by atoms with E-state index in [1.807, 2.05) is 24.3 Å². The largest absolute Gasteiger partial charge is 0.465 e. The van der Waals surface area contributed by atoms with Gasteiger partial charge in [-0.25, -0.2) is 0 Å². The van der Waals surface area contributed by atoms with Gasteiger partial charge >= 0.3 is 5.97 Å².